The molecule has 0 saturated heterocycles. The van der Waals surface area contributed by atoms with Crippen molar-refractivity contribution < 1.29 is 18.7 Å². The number of rotatable bonds is 7. The molecule has 0 unspecified atom stereocenters. The molecule has 0 heterocycles. The van der Waals surface area contributed by atoms with Gasteiger partial charge in [-0.25, -0.2) is 0 Å². The topological polar surface area (TPSA) is 44.8 Å². The molecule has 0 saturated carbocycles. The van der Waals surface area contributed by atoms with Crippen LogP contribution in [-0.4, -0.2) is 28.5 Å². The van der Waals surface area contributed by atoms with Gasteiger partial charge in [0.1, 0.15) is 11.7 Å². The van der Waals surface area contributed by atoms with E-state index in [9.17, 15) is 4.79 Å². The highest BCUT2D eigenvalue weighted by Crippen LogP contribution is 2.44. The number of ether oxygens (including phenoxy) is 2. The Morgan fingerprint density at radius 2 is 1.45 bits per heavy atom. The van der Waals surface area contributed by atoms with Crippen molar-refractivity contribution in [2.45, 2.75) is 50.9 Å². The van der Waals surface area contributed by atoms with Crippen LogP contribution in [0.15, 0.2) is 53.0 Å². The summed E-state index contributed by atoms with van der Waals surface area (Å²) in [5.41, 5.74) is 1.79. The summed E-state index contributed by atoms with van der Waals surface area (Å²) in [7, 11) is 0.873. The van der Waals surface area contributed by atoms with E-state index in [0.29, 0.717) is 0 Å². The normalized spacial score (nSPS) is 14.2. The van der Waals surface area contributed by atoms with Gasteiger partial charge in [-0.15, -0.1) is 0 Å². The molecule has 6 heteroatoms. The lowest BCUT2D eigenvalue weighted by Gasteiger charge is -2.41. The lowest BCUT2D eigenvalue weighted by Crippen LogP contribution is -2.43. The molecule has 0 aromatic heterocycles. The van der Waals surface area contributed by atoms with Crippen LogP contribution in [0.2, 0.25) is 18.1 Å². The summed E-state index contributed by atoms with van der Waals surface area (Å²) in [6.45, 7) is 11.0. The number of carbonyl (C=O) groups is 1. The van der Waals surface area contributed by atoms with Crippen LogP contribution >= 0.6 is 15.9 Å². The first kappa shape index (κ1) is 23.6. The highest BCUT2D eigenvalue weighted by Gasteiger charge is 2.43. The predicted molar refractivity (Wildman–Crippen MR) is 123 cm³/mol. The van der Waals surface area contributed by atoms with E-state index in [1.807, 2.05) is 48.5 Å². The lowest BCUT2D eigenvalue weighted by atomic mass is 9.89. The van der Waals surface area contributed by atoms with Crippen molar-refractivity contribution in [3.63, 3.8) is 0 Å². The maximum atomic E-state index is 12.9. The minimum atomic E-state index is -2.19. The Morgan fingerprint density at radius 1 is 0.931 bits per heavy atom. The van der Waals surface area contributed by atoms with E-state index in [4.69, 9.17) is 13.9 Å². The molecule has 4 nitrogen and oxygen atoms in total. The van der Waals surface area contributed by atoms with Gasteiger partial charge in [-0.1, -0.05) is 61.0 Å². The van der Waals surface area contributed by atoms with Gasteiger partial charge in [-0.3, -0.25) is 4.79 Å². The molecule has 2 aromatic rings. The number of hydrogen-bond acceptors (Lipinski definition) is 4. The van der Waals surface area contributed by atoms with Crippen molar-refractivity contribution in [1.29, 1.82) is 0 Å². The Labute approximate surface area is 183 Å². The van der Waals surface area contributed by atoms with Crippen LogP contribution in [0, 0.1) is 0 Å². The van der Waals surface area contributed by atoms with E-state index in [2.05, 4.69) is 49.8 Å². The number of benzene rings is 2. The Kier molecular flexibility index (Phi) is 7.71. The van der Waals surface area contributed by atoms with E-state index in [1.165, 1.54) is 7.11 Å². The van der Waals surface area contributed by atoms with Crippen LogP contribution in [-0.2, 0) is 14.0 Å². The van der Waals surface area contributed by atoms with Gasteiger partial charge < -0.3 is 13.9 Å². The first-order valence-electron chi connectivity index (χ1n) is 9.65. The number of esters is 1. The molecule has 0 aliphatic carbocycles. The third-order valence-electron chi connectivity index (χ3n) is 5.66. The van der Waals surface area contributed by atoms with Crippen molar-refractivity contribution in [2.75, 3.05) is 14.2 Å². The van der Waals surface area contributed by atoms with Gasteiger partial charge in [0.15, 0.2) is 8.32 Å². The fourth-order valence-corrected chi connectivity index (χ4v) is 4.37. The fourth-order valence-electron chi connectivity index (χ4n) is 2.85. The molecule has 0 fully saturated rings. The molecule has 0 bridgehead atoms. The molecule has 0 radical (unpaired) electrons. The summed E-state index contributed by atoms with van der Waals surface area (Å²) in [5.74, 6) is -0.124. The van der Waals surface area contributed by atoms with E-state index in [0.717, 1.165) is 21.3 Å². The Balaban J connectivity index is 2.60. The monoisotopic (exact) mass is 478 g/mol. The third-order valence-corrected chi connectivity index (χ3v) is 10.6. The average molecular weight is 479 g/mol. The summed E-state index contributed by atoms with van der Waals surface area (Å²) in [4.78, 5) is 12.9. The number of carbonyl (C=O) groups excluding carboxylic acids is 1. The molecule has 0 aliphatic heterocycles. The Morgan fingerprint density at radius 3 is 1.90 bits per heavy atom. The van der Waals surface area contributed by atoms with Crippen molar-refractivity contribution >= 4 is 30.2 Å². The van der Waals surface area contributed by atoms with Crippen molar-refractivity contribution in [3.8, 4) is 5.75 Å². The minimum Gasteiger partial charge on any atom is -0.497 e. The molecule has 2 atom stereocenters. The molecule has 0 aliphatic rings. The lowest BCUT2D eigenvalue weighted by molar-refractivity contribution is -0.145. The number of halogens is 1. The smallest absolute Gasteiger partial charge is 0.316 e. The SMILES string of the molecule is COC(=O)[C@H](c1ccc(Br)cc1)[C@@H](O[Si](C)(C)C(C)(C)C)c1ccc(OC)cc1. The zero-order chi connectivity index (χ0) is 21.8. The van der Waals surface area contributed by atoms with Gasteiger partial charge in [-0.05, 0) is 53.5 Å². The van der Waals surface area contributed by atoms with Gasteiger partial charge in [0.05, 0.1) is 20.3 Å². The highest BCUT2D eigenvalue weighted by molar-refractivity contribution is 9.10. The van der Waals surface area contributed by atoms with Gasteiger partial charge in [0.25, 0.3) is 0 Å². The maximum absolute atomic E-state index is 12.9. The van der Waals surface area contributed by atoms with Crippen molar-refractivity contribution in [3.05, 3.63) is 64.1 Å². The summed E-state index contributed by atoms with van der Waals surface area (Å²) in [6, 6.07) is 15.5. The van der Waals surface area contributed by atoms with Crippen LogP contribution in [0.1, 0.15) is 43.9 Å². The van der Waals surface area contributed by atoms with E-state index in [-0.39, 0.29) is 11.0 Å². The molecule has 158 valence electrons. The molecule has 2 aromatic carbocycles. The number of methoxy groups -OCH3 is 2. The zero-order valence-electron chi connectivity index (χ0n) is 18.3. The van der Waals surface area contributed by atoms with Crippen LogP contribution in [0.25, 0.3) is 0 Å². The number of hydrogen-bond donors (Lipinski definition) is 0. The van der Waals surface area contributed by atoms with Gasteiger partial charge >= 0.3 is 5.97 Å². The second-order valence-electron chi connectivity index (χ2n) is 8.62. The zero-order valence-corrected chi connectivity index (χ0v) is 20.9. The Bertz CT molecular complexity index is 810. The molecule has 2 rings (SSSR count). The second kappa shape index (κ2) is 9.45. The second-order valence-corrected chi connectivity index (χ2v) is 14.3. The van der Waals surface area contributed by atoms with Crippen molar-refractivity contribution in [1.82, 2.24) is 0 Å². The van der Waals surface area contributed by atoms with Gasteiger partial charge in [-0.2, -0.15) is 0 Å². The standard InChI is InChI=1S/C23H31BrO4Si/c1-23(2,3)29(6,7)28-21(17-10-14-19(26-4)15-11-17)20(22(25)27-5)16-8-12-18(24)13-9-16/h8-15,20-21H,1-7H3/t20-,21+/m1/s1. The molecular formula is C23H31BrO4Si. The van der Waals surface area contributed by atoms with Crippen LogP contribution in [0.3, 0.4) is 0 Å². The Hall–Kier alpha value is -1.63. The first-order chi connectivity index (χ1) is 13.5. The van der Waals surface area contributed by atoms with Gasteiger partial charge in [0.2, 0.25) is 0 Å². The maximum Gasteiger partial charge on any atom is 0.316 e. The van der Waals surface area contributed by atoms with Crippen LogP contribution in [0.5, 0.6) is 5.75 Å². The summed E-state index contributed by atoms with van der Waals surface area (Å²) in [6.07, 6.45) is -0.463. The van der Waals surface area contributed by atoms with E-state index < -0.39 is 20.3 Å². The summed E-state index contributed by atoms with van der Waals surface area (Å²) < 4.78 is 18.3. The average Bonchev–Trinajstić information content (AvgIpc) is 2.67. The third kappa shape index (κ3) is 5.71. The quantitative estimate of drug-likeness (QED) is 0.337. The van der Waals surface area contributed by atoms with Gasteiger partial charge in [0, 0.05) is 4.47 Å². The highest BCUT2D eigenvalue weighted by atomic mass is 79.9. The van der Waals surface area contributed by atoms with E-state index in [1.54, 1.807) is 7.11 Å². The van der Waals surface area contributed by atoms with Crippen molar-refractivity contribution in [2.24, 2.45) is 0 Å². The molecule has 0 amide bonds. The van der Waals surface area contributed by atoms with Crippen LogP contribution < -0.4 is 4.74 Å². The molecule has 29 heavy (non-hydrogen) atoms. The molecule has 0 N–H and O–H groups in total. The summed E-state index contributed by atoms with van der Waals surface area (Å²) in [5, 5.41) is -0.00188. The largest absolute Gasteiger partial charge is 0.497 e. The minimum absolute atomic E-state index is 0.00188. The van der Waals surface area contributed by atoms with Crippen LogP contribution in [0.4, 0.5) is 0 Å². The first-order valence-corrected chi connectivity index (χ1v) is 13.4. The molecular weight excluding hydrogens is 448 g/mol. The fraction of sp³-hybridized carbons (Fsp3) is 0.435. The predicted octanol–water partition coefficient (Wildman–Crippen LogP) is 6.48. The molecule has 0 spiro atoms. The summed E-state index contributed by atoms with van der Waals surface area (Å²) >= 11 is 3.47. The van der Waals surface area contributed by atoms with E-state index >= 15 is 0 Å².